The molecule has 138 valence electrons. The van der Waals surface area contributed by atoms with Gasteiger partial charge >= 0.3 is 0 Å². The zero-order valence-electron chi connectivity index (χ0n) is 14.7. The van der Waals surface area contributed by atoms with E-state index in [1.807, 2.05) is 6.07 Å². The van der Waals surface area contributed by atoms with E-state index in [1.54, 1.807) is 37.4 Å². The number of benzene rings is 2. The lowest BCUT2D eigenvalue weighted by molar-refractivity contribution is -0.132. The molecular formula is C19H19Cl2NO4. The van der Waals surface area contributed by atoms with E-state index in [9.17, 15) is 9.59 Å². The Morgan fingerprint density at radius 2 is 1.85 bits per heavy atom. The Kier molecular flexibility index (Phi) is 6.89. The number of carbonyl (C=O) groups excluding carboxylic acids is 2. The van der Waals surface area contributed by atoms with Gasteiger partial charge in [-0.25, -0.2) is 0 Å². The zero-order chi connectivity index (χ0) is 19.3. The highest BCUT2D eigenvalue weighted by Gasteiger charge is 2.15. The lowest BCUT2D eigenvalue weighted by atomic mass is 10.1. The van der Waals surface area contributed by atoms with E-state index >= 15 is 0 Å². The first-order valence-corrected chi connectivity index (χ1v) is 8.57. The number of likely N-dealkylation sites (N-methyl/N-ethyl adjacent to an activating group) is 1. The number of methoxy groups -OCH3 is 1. The molecule has 1 amide bonds. The average molecular weight is 396 g/mol. The summed E-state index contributed by atoms with van der Waals surface area (Å²) in [6, 6.07) is 10.1. The van der Waals surface area contributed by atoms with Gasteiger partial charge in [0.2, 0.25) is 0 Å². The minimum Gasteiger partial charge on any atom is -0.493 e. The summed E-state index contributed by atoms with van der Waals surface area (Å²) < 4.78 is 10.8. The van der Waals surface area contributed by atoms with E-state index in [4.69, 9.17) is 32.7 Å². The molecule has 0 aliphatic heterocycles. The lowest BCUT2D eigenvalue weighted by Crippen LogP contribution is -2.31. The topological polar surface area (TPSA) is 55.8 Å². The fourth-order valence-electron chi connectivity index (χ4n) is 2.27. The standard InChI is InChI=1S/C19H19Cl2NO4/c1-12(23)13-7-8-16(17(9-13)25-3)26-11-18(24)22(2)10-14-5-4-6-15(20)19(14)21/h4-9H,10-11H2,1-3H3. The monoisotopic (exact) mass is 395 g/mol. The van der Waals surface area contributed by atoms with Crippen molar-refractivity contribution in [2.45, 2.75) is 13.5 Å². The van der Waals surface area contributed by atoms with Crippen molar-refractivity contribution in [1.29, 1.82) is 0 Å². The van der Waals surface area contributed by atoms with Crippen LogP contribution in [0.1, 0.15) is 22.8 Å². The summed E-state index contributed by atoms with van der Waals surface area (Å²) in [5, 5.41) is 0.868. The molecule has 0 bridgehead atoms. The van der Waals surface area contributed by atoms with Gasteiger partial charge in [-0.3, -0.25) is 9.59 Å². The van der Waals surface area contributed by atoms with Crippen LogP contribution in [0.25, 0.3) is 0 Å². The van der Waals surface area contributed by atoms with Crippen LogP contribution in [0.5, 0.6) is 11.5 Å². The summed E-state index contributed by atoms with van der Waals surface area (Å²) in [4.78, 5) is 25.2. The molecule has 0 saturated heterocycles. The number of nitrogens with zero attached hydrogens (tertiary/aromatic N) is 1. The second-order valence-corrected chi connectivity index (χ2v) is 6.46. The number of halogens is 2. The number of hydrogen-bond donors (Lipinski definition) is 0. The van der Waals surface area contributed by atoms with Crippen molar-refractivity contribution in [3.05, 3.63) is 57.6 Å². The minimum atomic E-state index is -0.237. The van der Waals surface area contributed by atoms with E-state index in [1.165, 1.54) is 18.9 Å². The number of hydrogen-bond acceptors (Lipinski definition) is 4. The third kappa shape index (κ3) is 4.90. The van der Waals surface area contributed by atoms with E-state index in [0.717, 1.165) is 5.56 Å². The molecule has 0 aliphatic rings. The van der Waals surface area contributed by atoms with Crippen LogP contribution in [0.4, 0.5) is 0 Å². The second-order valence-electron chi connectivity index (χ2n) is 5.67. The predicted octanol–water partition coefficient (Wildman–Crippen LogP) is 4.24. The van der Waals surface area contributed by atoms with Crippen LogP contribution in [-0.2, 0) is 11.3 Å². The predicted molar refractivity (Wildman–Crippen MR) is 101 cm³/mol. The van der Waals surface area contributed by atoms with Gasteiger partial charge in [-0.05, 0) is 36.8 Å². The Bertz CT molecular complexity index is 823. The van der Waals surface area contributed by atoms with Crippen molar-refractivity contribution in [3.8, 4) is 11.5 Å². The molecule has 2 aromatic rings. The van der Waals surface area contributed by atoms with E-state index in [-0.39, 0.29) is 18.3 Å². The van der Waals surface area contributed by atoms with Gasteiger partial charge in [0.15, 0.2) is 23.9 Å². The molecule has 2 aromatic carbocycles. The number of Topliss-reactive ketones (excluding diaryl/α,β-unsaturated/α-hetero) is 1. The van der Waals surface area contributed by atoms with Gasteiger partial charge in [-0.2, -0.15) is 0 Å². The van der Waals surface area contributed by atoms with Crippen molar-refractivity contribution >= 4 is 34.9 Å². The third-order valence-electron chi connectivity index (χ3n) is 3.79. The molecule has 0 saturated carbocycles. The van der Waals surface area contributed by atoms with Crippen LogP contribution in [0.3, 0.4) is 0 Å². The van der Waals surface area contributed by atoms with Crippen LogP contribution in [0, 0.1) is 0 Å². The van der Waals surface area contributed by atoms with E-state index in [2.05, 4.69) is 0 Å². The Balaban J connectivity index is 2.01. The van der Waals surface area contributed by atoms with Gasteiger partial charge in [-0.15, -0.1) is 0 Å². The average Bonchev–Trinajstić information content (AvgIpc) is 2.63. The van der Waals surface area contributed by atoms with Crippen LogP contribution >= 0.6 is 23.2 Å². The summed E-state index contributed by atoms with van der Waals surface area (Å²) >= 11 is 12.1. The quantitative estimate of drug-likeness (QED) is 0.657. The highest BCUT2D eigenvalue weighted by atomic mass is 35.5. The molecule has 0 aliphatic carbocycles. The first-order chi connectivity index (χ1) is 12.3. The molecule has 0 aromatic heterocycles. The molecule has 2 rings (SSSR count). The molecule has 0 unspecified atom stereocenters. The van der Waals surface area contributed by atoms with Gasteiger partial charge < -0.3 is 14.4 Å². The smallest absolute Gasteiger partial charge is 0.260 e. The Labute approximate surface area is 162 Å². The van der Waals surface area contributed by atoms with Gasteiger partial charge in [0.25, 0.3) is 5.91 Å². The highest BCUT2D eigenvalue weighted by molar-refractivity contribution is 6.42. The maximum absolute atomic E-state index is 12.3. The Morgan fingerprint density at radius 1 is 1.12 bits per heavy atom. The summed E-state index contributed by atoms with van der Waals surface area (Å²) in [5.41, 5.74) is 1.26. The van der Waals surface area contributed by atoms with E-state index in [0.29, 0.717) is 33.7 Å². The fourth-order valence-corrected chi connectivity index (χ4v) is 2.65. The van der Waals surface area contributed by atoms with Crippen LogP contribution in [-0.4, -0.2) is 37.4 Å². The van der Waals surface area contributed by atoms with Crippen molar-refractivity contribution < 1.29 is 19.1 Å². The molecule has 26 heavy (non-hydrogen) atoms. The lowest BCUT2D eigenvalue weighted by Gasteiger charge is -2.19. The Hall–Kier alpha value is -2.24. The number of carbonyl (C=O) groups is 2. The van der Waals surface area contributed by atoms with Crippen molar-refractivity contribution in [2.24, 2.45) is 0 Å². The van der Waals surface area contributed by atoms with Crippen molar-refractivity contribution in [1.82, 2.24) is 4.90 Å². The molecule has 0 spiro atoms. The maximum atomic E-state index is 12.3. The van der Waals surface area contributed by atoms with Gasteiger partial charge in [0, 0.05) is 19.2 Å². The molecule has 0 atom stereocenters. The SMILES string of the molecule is COc1cc(C(C)=O)ccc1OCC(=O)N(C)Cc1cccc(Cl)c1Cl. The number of ether oxygens (including phenoxy) is 2. The number of ketones is 1. The molecule has 7 heteroatoms. The molecule has 0 heterocycles. The largest absolute Gasteiger partial charge is 0.493 e. The fraction of sp³-hybridized carbons (Fsp3) is 0.263. The van der Waals surface area contributed by atoms with Crippen molar-refractivity contribution in [2.75, 3.05) is 20.8 Å². The highest BCUT2D eigenvalue weighted by Crippen LogP contribution is 2.29. The zero-order valence-corrected chi connectivity index (χ0v) is 16.2. The molecular weight excluding hydrogens is 377 g/mol. The van der Waals surface area contributed by atoms with Gasteiger partial charge in [-0.1, -0.05) is 35.3 Å². The summed E-state index contributed by atoms with van der Waals surface area (Å²) in [6.07, 6.45) is 0. The normalized spacial score (nSPS) is 10.3. The molecule has 0 fully saturated rings. The minimum absolute atomic E-state index is 0.0796. The van der Waals surface area contributed by atoms with Crippen LogP contribution < -0.4 is 9.47 Å². The van der Waals surface area contributed by atoms with Gasteiger partial charge in [0.1, 0.15) is 0 Å². The molecule has 0 radical (unpaired) electrons. The van der Waals surface area contributed by atoms with Gasteiger partial charge in [0.05, 0.1) is 17.2 Å². The molecule has 0 N–H and O–H groups in total. The number of amides is 1. The maximum Gasteiger partial charge on any atom is 0.260 e. The summed E-state index contributed by atoms with van der Waals surface area (Å²) in [5.74, 6) is 0.467. The first kappa shape index (κ1) is 20.1. The molecule has 5 nitrogen and oxygen atoms in total. The summed E-state index contributed by atoms with van der Waals surface area (Å²) in [7, 11) is 3.13. The first-order valence-electron chi connectivity index (χ1n) is 7.82. The number of rotatable bonds is 7. The summed E-state index contributed by atoms with van der Waals surface area (Å²) in [6.45, 7) is 1.60. The second kappa shape index (κ2) is 8.92. The van der Waals surface area contributed by atoms with Crippen molar-refractivity contribution in [3.63, 3.8) is 0 Å². The third-order valence-corrected chi connectivity index (χ3v) is 4.64. The Morgan fingerprint density at radius 3 is 2.50 bits per heavy atom. The van der Waals surface area contributed by atoms with E-state index < -0.39 is 0 Å². The van der Waals surface area contributed by atoms with Crippen LogP contribution in [0.2, 0.25) is 10.0 Å². The van der Waals surface area contributed by atoms with Crippen LogP contribution in [0.15, 0.2) is 36.4 Å².